The van der Waals surface area contributed by atoms with Crippen LogP contribution in [0.5, 0.6) is 0 Å². The molecular weight excluding hydrogens is 392 g/mol. The Morgan fingerprint density at radius 2 is 1.97 bits per heavy atom. The zero-order valence-electron chi connectivity index (χ0n) is 16.5. The number of rotatable bonds is 4. The molecule has 3 rings (SSSR count). The molecule has 9 heteroatoms. The molecule has 0 saturated heterocycles. The molecule has 3 aromatic rings. The number of aromatic nitrogens is 3. The summed E-state index contributed by atoms with van der Waals surface area (Å²) in [6, 6.07) is 7.15. The summed E-state index contributed by atoms with van der Waals surface area (Å²) in [6.45, 7) is 5.17. The molecule has 1 amide bonds. The maximum atomic E-state index is 13.1. The van der Waals surface area contributed by atoms with Crippen LogP contribution in [0.3, 0.4) is 0 Å². The molecule has 0 saturated carbocycles. The number of esters is 1. The van der Waals surface area contributed by atoms with Gasteiger partial charge in [-0.2, -0.15) is 0 Å². The summed E-state index contributed by atoms with van der Waals surface area (Å²) >= 11 is 5.25. The number of hydrogen-bond donors (Lipinski definition) is 2. The molecular formula is C20H20N4O4S. The van der Waals surface area contributed by atoms with E-state index in [0.717, 1.165) is 15.7 Å². The maximum Gasteiger partial charge on any atom is 0.338 e. The number of nitrogens with one attached hydrogen (secondary N) is 2. The highest BCUT2D eigenvalue weighted by Crippen LogP contribution is 2.17. The number of carbonyl (C=O) groups excluding carboxylic acids is 2. The van der Waals surface area contributed by atoms with Crippen LogP contribution in [0.1, 0.15) is 27.2 Å². The normalized spacial score (nSPS) is 10.8. The second-order valence-electron chi connectivity index (χ2n) is 6.71. The molecule has 2 heterocycles. The zero-order chi connectivity index (χ0) is 21.3. The van der Waals surface area contributed by atoms with Crippen LogP contribution < -0.4 is 10.9 Å². The molecule has 0 aliphatic carbocycles. The average Bonchev–Trinajstić information content (AvgIpc) is 2.66. The summed E-state index contributed by atoms with van der Waals surface area (Å²) in [7, 11) is 1.23. The number of pyridine rings is 1. The summed E-state index contributed by atoms with van der Waals surface area (Å²) < 4.78 is 5.91. The van der Waals surface area contributed by atoms with Gasteiger partial charge in [0, 0.05) is 11.4 Å². The second-order valence-corrected chi connectivity index (χ2v) is 7.10. The Kier molecular flexibility index (Phi) is 5.60. The molecule has 150 valence electrons. The van der Waals surface area contributed by atoms with E-state index < -0.39 is 17.4 Å². The molecule has 2 N–H and O–H groups in total. The van der Waals surface area contributed by atoms with Gasteiger partial charge < -0.3 is 15.0 Å². The van der Waals surface area contributed by atoms with Crippen molar-refractivity contribution in [3.63, 3.8) is 0 Å². The number of anilines is 1. The first-order chi connectivity index (χ1) is 13.7. The van der Waals surface area contributed by atoms with Crippen molar-refractivity contribution in [2.75, 3.05) is 12.4 Å². The van der Waals surface area contributed by atoms with E-state index in [4.69, 9.17) is 17.0 Å². The maximum absolute atomic E-state index is 13.1. The SMILES string of the molecule is COC(=O)c1cc(C)nc2[nH]c(=S)n(CC(=O)Nc3cc(C)ccc3C)c(=O)c12. The Morgan fingerprint density at radius 1 is 1.24 bits per heavy atom. The zero-order valence-corrected chi connectivity index (χ0v) is 17.3. The van der Waals surface area contributed by atoms with Crippen LogP contribution in [-0.2, 0) is 16.1 Å². The third kappa shape index (κ3) is 4.09. The number of methoxy groups -OCH3 is 1. The number of nitrogens with zero attached hydrogens (tertiary/aromatic N) is 2. The summed E-state index contributed by atoms with van der Waals surface area (Å²) in [6.07, 6.45) is 0. The first kappa shape index (κ1) is 20.4. The fourth-order valence-corrected chi connectivity index (χ4v) is 3.24. The van der Waals surface area contributed by atoms with Crippen LogP contribution in [0.25, 0.3) is 11.0 Å². The molecule has 8 nitrogen and oxygen atoms in total. The topological polar surface area (TPSA) is 106 Å². The number of hydrogen-bond acceptors (Lipinski definition) is 6. The van der Waals surface area contributed by atoms with Gasteiger partial charge >= 0.3 is 5.97 Å². The van der Waals surface area contributed by atoms with Crippen molar-refractivity contribution < 1.29 is 14.3 Å². The van der Waals surface area contributed by atoms with Crippen molar-refractivity contribution in [1.29, 1.82) is 0 Å². The molecule has 1 aromatic carbocycles. The third-order valence-corrected chi connectivity index (χ3v) is 4.77. The van der Waals surface area contributed by atoms with Crippen LogP contribution >= 0.6 is 12.2 Å². The predicted molar refractivity (Wildman–Crippen MR) is 112 cm³/mol. The standard InChI is InChI=1S/C20H20N4O4S/c1-10-5-6-11(2)14(7-10)22-15(25)9-24-18(26)16-13(19(27)28-4)8-12(3)21-17(16)23-20(24)29/h5-8H,9H2,1-4H3,(H,22,25)(H,21,23,29). The minimum absolute atomic E-state index is 0.0237. The van der Waals surface area contributed by atoms with Crippen LogP contribution in [0, 0.1) is 25.5 Å². The number of aryl methyl sites for hydroxylation is 3. The van der Waals surface area contributed by atoms with Gasteiger partial charge in [-0.15, -0.1) is 0 Å². The average molecular weight is 412 g/mol. The summed E-state index contributed by atoms with van der Waals surface area (Å²) in [4.78, 5) is 44.8. The predicted octanol–water partition coefficient (Wildman–Crippen LogP) is 2.80. The quantitative estimate of drug-likeness (QED) is 0.504. The summed E-state index contributed by atoms with van der Waals surface area (Å²) in [5.74, 6) is -1.09. The number of fused-ring (bicyclic) bond motifs is 1. The van der Waals surface area contributed by atoms with E-state index in [9.17, 15) is 14.4 Å². The van der Waals surface area contributed by atoms with E-state index in [1.54, 1.807) is 6.92 Å². The molecule has 0 radical (unpaired) electrons. The van der Waals surface area contributed by atoms with Gasteiger partial charge in [0.1, 0.15) is 12.2 Å². The van der Waals surface area contributed by atoms with E-state index in [1.807, 2.05) is 32.0 Å². The number of benzene rings is 1. The third-order valence-electron chi connectivity index (χ3n) is 4.45. The minimum Gasteiger partial charge on any atom is -0.465 e. The van der Waals surface area contributed by atoms with E-state index in [0.29, 0.717) is 11.4 Å². The lowest BCUT2D eigenvalue weighted by atomic mass is 10.1. The van der Waals surface area contributed by atoms with Crippen LogP contribution in [0.4, 0.5) is 5.69 Å². The number of ether oxygens (including phenoxy) is 1. The monoisotopic (exact) mass is 412 g/mol. The molecule has 0 aliphatic heterocycles. The van der Waals surface area contributed by atoms with Gasteiger partial charge in [-0.05, 0) is 56.2 Å². The van der Waals surface area contributed by atoms with Crippen molar-refractivity contribution in [2.24, 2.45) is 0 Å². The Morgan fingerprint density at radius 3 is 2.66 bits per heavy atom. The van der Waals surface area contributed by atoms with E-state index in [2.05, 4.69) is 15.3 Å². The van der Waals surface area contributed by atoms with E-state index >= 15 is 0 Å². The van der Waals surface area contributed by atoms with Gasteiger partial charge in [-0.3, -0.25) is 14.2 Å². The fourth-order valence-electron chi connectivity index (χ4n) is 2.99. The Labute approximate surface area is 171 Å². The highest BCUT2D eigenvalue weighted by atomic mass is 32.1. The van der Waals surface area contributed by atoms with Gasteiger partial charge in [0.2, 0.25) is 5.91 Å². The van der Waals surface area contributed by atoms with Crippen molar-refractivity contribution >= 4 is 40.8 Å². The minimum atomic E-state index is -0.672. The van der Waals surface area contributed by atoms with Crippen molar-refractivity contribution in [2.45, 2.75) is 27.3 Å². The Hall–Kier alpha value is -3.33. The van der Waals surface area contributed by atoms with Crippen LogP contribution in [-0.4, -0.2) is 33.5 Å². The highest BCUT2D eigenvalue weighted by Gasteiger charge is 2.19. The van der Waals surface area contributed by atoms with Crippen LogP contribution in [0.2, 0.25) is 0 Å². The lowest BCUT2D eigenvalue weighted by Gasteiger charge is -2.12. The number of carbonyl (C=O) groups is 2. The molecule has 0 aliphatic rings. The number of amides is 1. The van der Waals surface area contributed by atoms with Gasteiger partial charge in [0.15, 0.2) is 4.77 Å². The van der Waals surface area contributed by atoms with Crippen molar-refractivity contribution in [1.82, 2.24) is 14.5 Å². The van der Waals surface area contributed by atoms with Crippen LogP contribution in [0.15, 0.2) is 29.1 Å². The first-order valence-electron chi connectivity index (χ1n) is 8.81. The molecule has 29 heavy (non-hydrogen) atoms. The number of aromatic amines is 1. The molecule has 0 bridgehead atoms. The molecule has 0 unspecified atom stereocenters. The summed E-state index contributed by atoms with van der Waals surface area (Å²) in [5.41, 5.74) is 2.72. The van der Waals surface area contributed by atoms with Gasteiger partial charge in [-0.1, -0.05) is 12.1 Å². The summed E-state index contributed by atoms with van der Waals surface area (Å²) in [5, 5.41) is 2.82. The first-order valence-corrected chi connectivity index (χ1v) is 9.22. The Balaban J connectivity index is 2.06. The molecule has 0 spiro atoms. The highest BCUT2D eigenvalue weighted by molar-refractivity contribution is 7.71. The second kappa shape index (κ2) is 7.96. The molecule has 0 fully saturated rings. The largest absolute Gasteiger partial charge is 0.465 e. The van der Waals surface area contributed by atoms with Gasteiger partial charge in [0.25, 0.3) is 5.56 Å². The fraction of sp³-hybridized carbons (Fsp3) is 0.250. The number of H-pyrrole nitrogens is 1. The molecule has 2 aromatic heterocycles. The van der Waals surface area contributed by atoms with E-state index in [1.165, 1.54) is 13.2 Å². The van der Waals surface area contributed by atoms with Crippen molar-refractivity contribution in [3.05, 3.63) is 61.8 Å². The Bertz CT molecular complexity index is 1260. The lowest BCUT2D eigenvalue weighted by molar-refractivity contribution is -0.116. The smallest absolute Gasteiger partial charge is 0.338 e. The molecule has 0 atom stereocenters. The van der Waals surface area contributed by atoms with Crippen molar-refractivity contribution in [3.8, 4) is 0 Å². The van der Waals surface area contributed by atoms with Gasteiger partial charge in [-0.25, -0.2) is 9.78 Å². The van der Waals surface area contributed by atoms with E-state index in [-0.39, 0.29) is 27.9 Å². The van der Waals surface area contributed by atoms with Gasteiger partial charge in [0.05, 0.1) is 18.1 Å². The lowest BCUT2D eigenvalue weighted by Crippen LogP contribution is -2.30.